The number of hydrogen-bond acceptors (Lipinski definition) is 5. The fraction of sp³-hybridized carbons (Fsp3) is 0.429. The first-order valence-electron chi connectivity index (χ1n) is 9.84. The Morgan fingerprint density at radius 2 is 2.13 bits per heavy atom. The van der Waals surface area contributed by atoms with Gasteiger partial charge in [-0.05, 0) is 24.5 Å². The molecule has 2 aromatic rings. The van der Waals surface area contributed by atoms with Gasteiger partial charge in [-0.25, -0.2) is 9.18 Å². The summed E-state index contributed by atoms with van der Waals surface area (Å²) in [5.41, 5.74) is 0.653. The second kappa shape index (κ2) is 7.72. The lowest BCUT2D eigenvalue weighted by atomic mass is 9.99. The molecule has 160 valence electrons. The van der Waals surface area contributed by atoms with Gasteiger partial charge in [-0.15, -0.1) is 0 Å². The number of carboxylic acids is 1. The molecular formula is C21H24FN3O4S. The van der Waals surface area contributed by atoms with E-state index in [9.17, 15) is 14.7 Å². The fourth-order valence-electron chi connectivity index (χ4n) is 4.54. The molecule has 0 unspecified atom stereocenters. The zero-order chi connectivity index (χ0) is 20.3. The summed E-state index contributed by atoms with van der Waals surface area (Å²) in [7, 11) is 1.47. The van der Waals surface area contributed by atoms with Crippen molar-refractivity contribution >= 4 is 35.9 Å². The molecule has 3 aliphatic rings. The molecule has 30 heavy (non-hydrogen) atoms. The fourth-order valence-corrected chi connectivity index (χ4v) is 4.54. The van der Waals surface area contributed by atoms with E-state index in [-0.39, 0.29) is 36.5 Å². The number of piperazine rings is 1. The van der Waals surface area contributed by atoms with Gasteiger partial charge in [-0.2, -0.15) is 13.5 Å². The highest BCUT2D eigenvalue weighted by Crippen LogP contribution is 2.43. The van der Waals surface area contributed by atoms with Crippen LogP contribution in [0.25, 0.3) is 16.5 Å². The molecule has 7 nitrogen and oxygen atoms in total. The highest BCUT2D eigenvalue weighted by Gasteiger charge is 2.33. The minimum absolute atomic E-state index is 0. The summed E-state index contributed by atoms with van der Waals surface area (Å²) < 4.78 is 22.7. The van der Waals surface area contributed by atoms with Gasteiger partial charge in [0.25, 0.3) is 0 Å². The molecule has 3 heterocycles. The van der Waals surface area contributed by atoms with Gasteiger partial charge in [0.15, 0.2) is 5.75 Å². The molecular weight excluding hydrogens is 409 g/mol. The Morgan fingerprint density at radius 1 is 1.37 bits per heavy atom. The van der Waals surface area contributed by atoms with Crippen molar-refractivity contribution in [3.05, 3.63) is 45.5 Å². The van der Waals surface area contributed by atoms with Crippen LogP contribution < -0.4 is 15.5 Å². The third-order valence-corrected chi connectivity index (χ3v) is 6.08. The summed E-state index contributed by atoms with van der Waals surface area (Å²) in [6, 6.07) is 1.48. The van der Waals surface area contributed by atoms with E-state index in [1.165, 1.54) is 19.4 Å². The lowest BCUT2D eigenvalue weighted by Gasteiger charge is -2.29. The summed E-state index contributed by atoms with van der Waals surface area (Å²) in [5.74, 6) is -1.56. The van der Waals surface area contributed by atoms with Crippen molar-refractivity contribution in [3.63, 3.8) is 0 Å². The molecule has 2 aliphatic heterocycles. The molecule has 1 atom stereocenters. The average Bonchev–Trinajstić information content (AvgIpc) is 3.45. The number of nitrogens with one attached hydrogen (secondary N) is 1. The maximum Gasteiger partial charge on any atom is 0.341 e. The van der Waals surface area contributed by atoms with Crippen molar-refractivity contribution in [3.8, 4) is 5.75 Å². The highest BCUT2D eigenvalue weighted by atomic mass is 32.1. The van der Waals surface area contributed by atoms with Crippen LogP contribution in [-0.2, 0) is 0 Å². The predicted molar refractivity (Wildman–Crippen MR) is 117 cm³/mol. The number of carboxylic acid groups (broad SMARTS) is 1. The Hall–Kier alpha value is -2.36. The normalized spacial score (nSPS) is 21.1. The second-order valence-electron chi connectivity index (χ2n) is 7.91. The number of hydrogen-bond donors (Lipinski definition) is 2. The van der Waals surface area contributed by atoms with Crippen molar-refractivity contribution in [2.45, 2.75) is 24.9 Å². The molecule has 1 saturated carbocycles. The van der Waals surface area contributed by atoms with Gasteiger partial charge in [0.05, 0.1) is 23.6 Å². The largest absolute Gasteiger partial charge is 0.494 e. The summed E-state index contributed by atoms with van der Waals surface area (Å²) in [6.45, 7) is 3.22. The summed E-state index contributed by atoms with van der Waals surface area (Å²) in [4.78, 5) is 26.6. The second-order valence-corrected chi connectivity index (χ2v) is 7.91. The van der Waals surface area contributed by atoms with Crippen molar-refractivity contribution in [1.82, 2.24) is 14.8 Å². The molecule has 0 spiro atoms. The van der Waals surface area contributed by atoms with Gasteiger partial charge in [0.1, 0.15) is 11.4 Å². The van der Waals surface area contributed by atoms with Crippen molar-refractivity contribution in [1.29, 1.82) is 0 Å². The van der Waals surface area contributed by atoms with Crippen molar-refractivity contribution in [2.75, 3.05) is 33.3 Å². The minimum atomic E-state index is -1.31. The maximum absolute atomic E-state index is 15.3. The first-order valence-corrected chi connectivity index (χ1v) is 9.84. The van der Waals surface area contributed by atoms with Crippen LogP contribution in [0, 0.1) is 5.82 Å². The highest BCUT2D eigenvalue weighted by molar-refractivity contribution is 7.59. The molecule has 2 N–H and O–H groups in total. The number of fused-ring (bicyclic) bond motifs is 2. The molecule has 1 aromatic carbocycles. The number of rotatable bonds is 4. The molecule has 0 radical (unpaired) electrons. The van der Waals surface area contributed by atoms with Crippen LogP contribution in [0.3, 0.4) is 0 Å². The van der Waals surface area contributed by atoms with Crippen LogP contribution in [0.15, 0.2) is 23.1 Å². The molecule has 5 rings (SSSR count). The number of halogens is 1. The van der Waals surface area contributed by atoms with Crippen LogP contribution in [0.1, 0.15) is 34.8 Å². The zero-order valence-electron chi connectivity index (χ0n) is 16.6. The Labute approximate surface area is 179 Å². The molecule has 1 aromatic heterocycles. The molecule has 9 heteroatoms. The van der Waals surface area contributed by atoms with Gasteiger partial charge < -0.3 is 19.7 Å². The first-order chi connectivity index (χ1) is 14.0. The SMILES string of the molecule is COc1c(C2=C[C@H]3CNCCN3C2)c(F)cc2c(=O)c(C(=O)O)cn(C3CC3)c12.S. The lowest BCUT2D eigenvalue weighted by molar-refractivity contribution is 0.0695. The quantitative estimate of drug-likeness (QED) is 0.767. The monoisotopic (exact) mass is 433 g/mol. The number of carbonyl (C=O) groups is 1. The van der Waals surface area contributed by atoms with Gasteiger partial charge in [0, 0.05) is 44.5 Å². The lowest BCUT2D eigenvalue weighted by Crippen LogP contribution is -2.47. The number of methoxy groups -OCH3 is 1. The van der Waals surface area contributed by atoms with Gasteiger partial charge >= 0.3 is 5.97 Å². The van der Waals surface area contributed by atoms with Gasteiger partial charge in [-0.1, -0.05) is 6.08 Å². The summed E-state index contributed by atoms with van der Waals surface area (Å²) >= 11 is 0. The van der Waals surface area contributed by atoms with E-state index in [2.05, 4.69) is 16.3 Å². The Bertz CT molecular complexity index is 1130. The number of ether oxygens (including phenoxy) is 1. The Morgan fingerprint density at radius 3 is 2.77 bits per heavy atom. The molecule has 0 amide bonds. The number of nitrogens with zero attached hydrogens (tertiary/aromatic N) is 2. The van der Waals surface area contributed by atoms with E-state index in [0.717, 1.165) is 38.0 Å². The number of pyridine rings is 1. The van der Waals surface area contributed by atoms with Crippen LogP contribution in [0.2, 0.25) is 0 Å². The van der Waals surface area contributed by atoms with Crippen molar-refractivity contribution < 1.29 is 19.0 Å². The smallest absolute Gasteiger partial charge is 0.341 e. The zero-order valence-corrected chi connectivity index (χ0v) is 17.6. The van der Waals surface area contributed by atoms with E-state index < -0.39 is 17.2 Å². The number of aromatic nitrogens is 1. The molecule has 1 aliphatic carbocycles. The van der Waals surface area contributed by atoms with Gasteiger partial charge in [0.2, 0.25) is 5.43 Å². The number of benzene rings is 1. The summed E-state index contributed by atoms with van der Waals surface area (Å²) in [6.07, 6.45) is 5.21. The average molecular weight is 434 g/mol. The Balaban J connectivity index is 0.00000218. The van der Waals surface area contributed by atoms with E-state index in [1.807, 2.05) is 0 Å². The predicted octanol–water partition coefficient (Wildman–Crippen LogP) is 1.97. The van der Waals surface area contributed by atoms with Gasteiger partial charge in [-0.3, -0.25) is 9.69 Å². The van der Waals surface area contributed by atoms with Crippen LogP contribution >= 0.6 is 13.5 Å². The standard InChI is InChI=1S/C21H22FN3O4.H2S/c1-29-20-17(11-6-13-8-23-4-5-24(13)9-11)16(22)7-14-18(20)25(12-2-3-12)10-15(19(14)26)21(27)28;/h6-7,10,12-13,23H,2-5,8-9H2,1H3,(H,27,28);1H2/t13-;/m0./s1. The van der Waals surface area contributed by atoms with E-state index in [0.29, 0.717) is 23.4 Å². The van der Waals surface area contributed by atoms with E-state index in [4.69, 9.17) is 4.74 Å². The molecule has 1 saturated heterocycles. The van der Waals surface area contributed by atoms with Crippen LogP contribution in [0.5, 0.6) is 5.75 Å². The van der Waals surface area contributed by atoms with Crippen molar-refractivity contribution in [2.24, 2.45) is 0 Å². The third-order valence-electron chi connectivity index (χ3n) is 6.08. The topological polar surface area (TPSA) is 83.8 Å². The first kappa shape index (κ1) is 20.9. The third kappa shape index (κ3) is 3.21. The van der Waals surface area contributed by atoms with Crippen LogP contribution in [-0.4, -0.2) is 59.9 Å². The summed E-state index contributed by atoms with van der Waals surface area (Å²) in [5, 5.41) is 12.8. The number of aromatic carboxylic acids is 1. The van der Waals surface area contributed by atoms with Crippen LogP contribution in [0.4, 0.5) is 4.39 Å². The maximum atomic E-state index is 15.3. The van der Waals surface area contributed by atoms with E-state index in [1.54, 1.807) is 4.57 Å². The molecule has 0 bridgehead atoms. The Kier molecular flexibility index (Phi) is 5.37. The minimum Gasteiger partial charge on any atom is -0.494 e. The van der Waals surface area contributed by atoms with E-state index >= 15 is 4.39 Å². The molecule has 2 fully saturated rings.